The Labute approximate surface area is 117 Å². The molecule has 20 heavy (non-hydrogen) atoms. The van der Waals surface area contributed by atoms with Gasteiger partial charge in [0.05, 0.1) is 18.1 Å². The van der Waals surface area contributed by atoms with Crippen LogP contribution in [0.15, 0.2) is 5.10 Å². The Kier molecular flexibility index (Phi) is 4.09. The van der Waals surface area contributed by atoms with Gasteiger partial charge in [0.2, 0.25) is 5.91 Å². The molecule has 2 heterocycles. The summed E-state index contributed by atoms with van der Waals surface area (Å²) in [6.07, 6.45) is 6.07. The second kappa shape index (κ2) is 5.63. The van der Waals surface area contributed by atoms with E-state index >= 15 is 0 Å². The molecule has 0 aromatic carbocycles. The Morgan fingerprint density at radius 1 is 1.50 bits per heavy atom. The third-order valence-corrected chi connectivity index (χ3v) is 5.07. The normalized spacial score (nSPS) is 24.4. The smallest absolute Gasteiger partial charge is 0.271 e. The molecule has 7 nitrogen and oxygen atoms in total. The van der Waals surface area contributed by atoms with Crippen LogP contribution >= 0.6 is 0 Å². The van der Waals surface area contributed by atoms with E-state index in [1.165, 1.54) is 4.90 Å². The van der Waals surface area contributed by atoms with Crippen LogP contribution in [0.25, 0.3) is 0 Å². The Hall–Kier alpha value is -1.88. The first-order chi connectivity index (χ1) is 9.43. The summed E-state index contributed by atoms with van der Waals surface area (Å²) in [7, 11) is -3.10. The molecule has 1 N–H and O–H groups in total. The highest BCUT2D eigenvalue weighted by atomic mass is 32.2. The quantitative estimate of drug-likeness (QED) is 0.669. The summed E-state index contributed by atoms with van der Waals surface area (Å²) in [5, 5.41) is 3.73. The van der Waals surface area contributed by atoms with Crippen LogP contribution in [0.1, 0.15) is 19.3 Å². The van der Waals surface area contributed by atoms with Gasteiger partial charge in [-0.3, -0.25) is 9.59 Å². The van der Waals surface area contributed by atoms with Crippen molar-refractivity contribution in [2.75, 3.05) is 18.1 Å². The van der Waals surface area contributed by atoms with Crippen molar-refractivity contribution in [3.8, 4) is 12.3 Å². The van der Waals surface area contributed by atoms with Gasteiger partial charge in [-0.1, -0.05) is 5.92 Å². The second-order valence-corrected chi connectivity index (χ2v) is 7.02. The van der Waals surface area contributed by atoms with Gasteiger partial charge < -0.3 is 4.90 Å². The number of nitrogens with zero attached hydrogens (tertiary/aromatic N) is 2. The molecule has 0 saturated carbocycles. The first-order valence-electron chi connectivity index (χ1n) is 6.23. The molecule has 0 aliphatic carbocycles. The summed E-state index contributed by atoms with van der Waals surface area (Å²) < 4.78 is 23.0. The number of sulfone groups is 1. The van der Waals surface area contributed by atoms with E-state index in [-0.39, 0.29) is 42.5 Å². The maximum atomic E-state index is 12.3. The summed E-state index contributed by atoms with van der Waals surface area (Å²) in [5.41, 5.74) is 2.46. The predicted molar refractivity (Wildman–Crippen MR) is 72.4 cm³/mol. The van der Waals surface area contributed by atoms with Crippen LogP contribution in [-0.4, -0.2) is 54.9 Å². The minimum atomic E-state index is -3.10. The van der Waals surface area contributed by atoms with Crippen LogP contribution < -0.4 is 5.43 Å². The summed E-state index contributed by atoms with van der Waals surface area (Å²) in [6, 6.07) is -0.413. The van der Waals surface area contributed by atoms with E-state index < -0.39 is 21.8 Å². The fourth-order valence-corrected chi connectivity index (χ4v) is 4.01. The Morgan fingerprint density at radius 3 is 2.75 bits per heavy atom. The highest BCUT2D eigenvalue weighted by Gasteiger charge is 2.36. The fourth-order valence-electron chi connectivity index (χ4n) is 2.28. The first kappa shape index (κ1) is 14.5. The van der Waals surface area contributed by atoms with Gasteiger partial charge in [0.25, 0.3) is 5.91 Å². The zero-order valence-corrected chi connectivity index (χ0v) is 11.6. The van der Waals surface area contributed by atoms with E-state index in [2.05, 4.69) is 16.4 Å². The molecular formula is C12H15N3O4S. The number of hydrazone groups is 1. The molecule has 2 amide bonds. The van der Waals surface area contributed by atoms with Crippen LogP contribution in [0.3, 0.4) is 0 Å². The van der Waals surface area contributed by atoms with Gasteiger partial charge in [-0.05, 0) is 6.42 Å². The Bertz CT molecular complexity index is 603. The maximum absolute atomic E-state index is 12.3. The molecule has 0 radical (unpaired) electrons. The van der Waals surface area contributed by atoms with Gasteiger partial charge >= 0.3 is 0 Å². The van der Waals surface area contributed by atoms with Crippen molar-refractivity contribution in [2.24, 2.45) is 5.10 Å². The lowest BCUT2D eigenvalue weighted by atomic mass is 10.1. The Balaban J connectivity index is 2.15. The fraction of sp³-hybridized carbons (Fsp3) is 0.583. The van der Waals surface area contributed by atoms with Crippen molar-refractivity contribution >= 4 is 27.4 Å². The van der Waals surface area contributed by atoms with Crippen LogP contribution in [0.2, 0.25) is 0 Å². The van der Waals surface area contributed by atoms with E-state index in [1.54, 1.807) is 0 Å². The zero-order chi connectivity index (χ0) is 14.8. The largest absolute Gasteiger partial charge is 0.322 e. The van der Waals surface area contributed by atoms with E-state index in [0.29, 0.717) is 6.42 Å². The molecule has 108 valence electrons. The van der Waals surface area contributed by atoms with Crippen molar-refractivity contribution in [2.45, 2.75) is 25.3 Å². The van der Waals surface area contributed by atoms with Gasteiger partial charge in [-0.25, -0.2) is 13.8 Å². The van der Waals surface area contributed by atoms with Crippen LogP contribution in [-0.2, 0) is 19.4 Å². The predicted octanol–water partition coefficient (Wildman–Crippen LogP) is -1.10. The molecule has 0 aromatic rings. The minimum Gasteiger partial charge on any atom is -0.322 e. The number of rotatable bonds is 3. The second-order valence-electron chi connectivity index (χ2n) is 4.79. The van der Waals surface area contributed by atoms with Crippen molar-refractivity contribution in [3.05, 3.63) is 0 Å². The lowest BCUT2D eigenvalue weighted by Gasteiger charge is -2.27. The molecule has 1 fully saturated rings. The van der Waals surface area contributed by atoms with Gasteiger partial charge in [-0.15, -0.1) is 6.42 Å². The highest BCUT2D eigenvalue weighted by molar-refractivity contribution is 7.91. The van der Waals surface area contributed by atoms with Crippen LogP contribution in [0.4, 0.5) is 0 Å². The van der Waals surface area contributed by atoms with Crippen molar-refractivity contribution in [1.29, 1.82) is 0 Å². The molecule has 2 aliphatic heterocycles. The third-order valence-electron chi connectivity index (χ3n) is 3.32. The van der Waals surface area contributed by atoms with Crippen molar-refractivity contribution < 1.29 is 18.0 Å². The van der Waals surface area contributed by atoms with Crippen molar-refractivity contribution in [1.82, 2.24) is 10.3 Å². The molecule has 1 atom stereocenters. The highest BCUT2D eigenvalue weighted by Crippen LogP contribution is 2.19. The van der Waals surface area contributed by atoms with Crippen molar-refractivity contribution in [3.63, 3.8) is 0 Å². The minimum absolute atomic E-state index is 0.0337. The van der Waals surface area contributed by atoms with E-state index in [4.69, 9.17) is 6.42 Å². The number of hydrogen-bond acceptors (Lipinski definition) is 5. The summed E-state index contributed by atoms with van der Waals surface area (Å²) in [6.45, 7) is 0.0337. The van der Waals surface area contributed by atoms with Gasteiger partial charge in [-0.2, -0.15) is 5.10 Å². The van der Waals surface area contributed by atoms with Crippen LogP contribution in [0, 0.1) is 12.3 Å². The number of carbonyl (C=O) groups excluding carboxylic acids is 2. The molecule has 2 rings (SSSR count). The number of amides is 2. The topological polar surface area (TPSA) is 95.9 Å². The van der Waals surface area contributed by atoms with E-state index in [9.17, 15) is 18.0 Å². The standard InChI is InChI=1S/C12H15N3O4S/c1-2-6-15(9-5-7-20(18,19)8-9)12(17)10-3-4-11(16)14-13-10/h1,9H,3-8H2,(H,14,16). The molecule has 8 heteroatoms. The average molecular weight is 297 g/mol. The average Bonchev–Trinajstić information content (AvgIpc) is 2.76. The third kappa shape index (κ3) is 3.17. The number of nitrogens with one attached hydrogen (secondary N) is 1. The van der Waals surface area contributed by atoms with Gasteiger partial charge in [0.1, 0.15) is 5.71 Å². The molecule has 1 unspecified atom stereocenters. The molecule has 0 bridgehead atoms. The number of hydrogen-bond donors (Lipinski definition) is 1. The SMILES string of the molecule is C#CCN(C(=O)C1=NNC(=O)CC1)C1CCS(=O)(=O)C1. The van der Waals surface area contributed by atoms with Gasteiger partial charge in [0.15, 0.2) is 9.84 Å². The lowest BCUT2D eigenvalue weighted by molar-refractivity contribution is -0.125. The molecule has 0 aromatic heterocycles. The summed E-state index contributed by atoms with van der Waals surface area (Å²) >= 11 is 0. The van der Waals surface area contributed by atoms with E-state index in [0.717, 1.165) is 0 Å². The zero-order valence-electron chi connectivity index (χ0n) is 10.8. The molecule has 0 spiro atoms. The maximum Gasteiger partial charge on any atom is 0.271 e. The van der Waals surface area contributed by atoms with Crippen LogP contribution in [0.5, 0.6) is 0 Å². The van der Waals surface area contributed by atoms with Gasteiger partial charge in [0, 0.05) is 18.9 Å². The molecule has 1 saturated heterocycles. The summed E-state index contributed by atoms with van der Waals surface area (Å²) in [4.78, 5) is 24.7. The lowest BCUT2D eigenvalue weighted by Crippen LogP contribution is -2.46. The summed E-state index contributed by atoms with van der Waals surface area (Å²) in [5.74, 6) is 1.72. The van der Waals surface area contributed by atoms with E-state index in [1.807, 2.05) is 0 Å². The first-order valence-corrected chi connectivity index (χ1v) is 8.05. The monoisotopic (exact) mass is 297 g/mol. The number of carbonyl (C=O) groups is 2. The Morgan fingerprint density at radius 2 is 2.25 bits per heavy atom. The molecular weight excluding hydrogens is 282 g/mol. The number of terminal acetylenes is 1. The molecule has 2 aliphatic rings.